The van der Waals surface area contributed by atoms with Crippen LogP contribution in [0.25, 0.3) is 0 Å². The average molecular weight is 277 g/mol. The molecule has 1 aromatic heterocycles. The van der Waals surface area contributed by atoms with Crippen molar-refractivity contribution in [1.29, 1.82) is 0 Å². The second-order valence-electron chi connectivity index (χ2n) is 4.14. The summed E-state index contributed by atoms with van der Waals surface area (Å²) in [5.41, 5.74) is 6.53. The van der Waals surface area contributed by atoms with Crippen LogP contribution in [0.5, 0.6) is 5.75 Å². The lowest BCUT2D eigenvalue weighted by Gasteiger charge is -2.11. The van der Waals surface area contributed by atoms with E-state index in [9.17, 15) is 4.39 Å². The summed E-state index contributed by atoms with van der Waals surface area (Å²) >= 11 is 0. The van der Waals surface area contributed by atoms with Gasteiger partial charge in [-0.05, 0) is 19.1 Å². The van der Waals surface area contributed by atoms with Gasteiger partial charge >= 0.3 is 0 Å². The molecule has 1 aromatic carbocycles. The van der Waals surface area contributed by atoms with Crippen molar-refractivity contribution in [3.63, 3.8) is 0 Å². The van der Waals surface area contributed by atoms with E-state index in [-0.39, 0.29) is 23.1 Å². The zero-order valence-electron chi connectivity index (χ0n) is 11.5. The Morgan fingerprint density at radius 2 is 2.05 bits per heavy atom. The molecule has 0 aliphatic rings. The van der Waals surface area contributed by atoms with Crippen LogP contribution in [-0.2, 0) is 0 Å². The Kier molecular flexibility index (Phi) is 3.88. The van der Waals surface area contributed by atoms with Gasteiger partial charge in [-0.2, -0.15) is 4.98 Å². The van der Waals surface area contributed by atoms with Gasteiger partial charge in [0, 0.05) is 18.8 Å². The fourth-order valence-corrected chi connectivity index (χ4v) is 1.72. The monoisotopic (exact) mass is 277 g/mol. The lowest BCUT2D eigenvalue weighted by atomic mass is 10.2. The highest BCUT2D eigenvalue weighted by Gasteiger charge is 2.12. The number of halogens is 1. The van der Waals surface area contributed by atoms with Crippen molar-refractivity contribution in [3.8, 4) is 5.75 Å². The molecule has 0 amide bonds. The van der Waals surface area contributed by atoms with Gasteiger partial charge < -0.3 is 21.1 Å². The van der Waals surface area contributed by atoms with Gasteiger partial charge in [-0.15, -0.1) is 0 Å². The third-order valence-electron chi connectivity index (χ3n) is 2.72. The number of aromatic nitrogens is 2. The van der Waals surface area contributed by atoms with Crippen LogP contribution in [0.4, 0.5) is 27.5 Å². The van der Waals surface area contributed by atoms with E-state index in [1.54, 1.807) is 19.2 Å². The first-order chi connectivity index (χ1) is 9.55. The SMILES string of the molecule is CNc1cc(C)nc(Nc2ccc(OC)c(N)c2F)n1. The first-order valence-corrected chi connectivity index (χ1v) is 5.97. The zero-order chi connectivity index (χ0) is 14.7. The van der Waals surface area contributed by atoms with Gasteiger partial charge in [0.25, 0.3) is 0 Å². The summed E-state index contributed by atoms with van der Waals surface area (Å²) < 4.78 is 19.0. The number of benzene rings is 1. The molecule has 0 spiro atoms. The predicted molar refractivity (Wildman–Crippen MR) is 77.0 cm³/mol. The second kappa shape index (κ2) is 5.60. The number of nitrogens with one attached hydrogen (secondary N) is 2. The molecule has 0 fully saturated rings. The van der Waals surface area contributed by atoms with Crippen molar-refractivity contribution >= 4 is 23.1 Å². The van der Waals surface area contributed by atoms with Gasteiger partial charge in [0.2, 0.25) is 5.95 Å². The van der Waals surface area contributed by atoms with Crippen LogP contribution in [0.1, 0.15) is 5.69 Å². The van der Waals surface area contributed by atoms with Gasteiger partial charge in [0.1, 0.15) is 17.3 Å². The maximum absolute atomic E-state index is 14.1. The Bertz CT molecular complexity index is 632. The standard InChI is InChI=1S/C13H16FN5O/c1-7-6-10(16-2)19-13(17-7)18-8-4-5-9(20-3)12(15)11(8)14/h4-6H,15H2,1-3H3,(H2,16,17,18,19). The number of hydrogen-bond donors (Lipinski definition) is 3. The molecule has 6 nitrogen and oxygen atoms in total. The smallest absolute Gasteiger partial charge is 0.229 e. The number of anilines is 4. The van der Waals surface area contributed by atoms with Crippen molar-refractivity contribution < 1.29 is 9.13 Å². The van der Waals surface area contributed by atoms with Crippen molar-refractivity contribution in [2.45, 2.75) is 6.92 Å². The van der Waals surface area contributed by atoms with E-state index < -0.39 is 5.82 Å². The quantitative estimate of drug-likeness (QED) is 0.744. The molecule has 0 aliphatic carbocycles. The fraction of sp³-hybridized carbons (Fsp3) is 0.231. The van der Waals surface area contributed by atoms with Crippen LogP contribution in [0, 0.1) is 12.7 Å². The summed E-state index contributed by atoms with van der Waals surface area (Å²) in [7, 11) is 3.18. The van der Waals surface area contributed by atoms with Crippen molar-refractivity contribution in [3.05, 3.63) is 29.7 Å². The minimum Gasteiger partial charge on any atom is -0.494 e. The molecular weight excluding hydrogens is 261 g/mol. The third-order valence-corrected chi connectivity index (χ3v) is 2.72. The van der Waals surface area contributed by atoms with E-state index in [4.69, 9.17) is 10.5 Å². The highest BCUT2D eigenvalue weighted by molar-refractivity contribution is 5.67. The van der Waals surface area contributed by atoms with E-state index in [1.807, 2.05) is 6.92 Å². The van der Waals surface area contributed by atoms with Crippen LogP contribution in [0.15, 0.2) is 18.2 Å². The molecule has 0 radical (unpaired) electrons. The highest BCUT2D eigenvalue weighted by atomic mass is 19.1. The van der Waals surface area contributed by atoms with Gasteiger partial charge in [-0.3, -0.25) is 0 Å². The van der Waals surface area contributed by atoms with Gasteiger partial charge in [0.05, 0.1) is 12.8 Å². The van der Waals surface area contributed by atoms with E-state index in [2.05, 4.69) is 20.6 Å². The predicted octanol–water partition coefficient (Wildman–Crippen LogP) is 2.30. The van der Waals surface area contributed by atoms with Crippen LogP contribution in [-0.4, -0.2) is 24.1 Å². The Morgan fingerprint density at radius 1 is 1.30 bits per heavy atom. The lowest BCUT2D eigenvalue weighted by Crippen LogP contribution is -2.05. The molecule has 4 N–H and O–H groups in total. The van der Waals surface area contributed by atoms with Crippen molar-refractivity contribution in [2.24, 2.45) is 0 Å². The lowest BCUT2D eigenvalue weighted by molar-refractivity contribution is 0.414. The summed E-state index contributed by atoms with van der Waals surface area (Å²) in [6.45, 7) is 1.83. The maximum Gasteiger partial charge on any atom is 0.229 e. The molecule has 0 saturated heterocycles. The van der Waals surface area contributed by atoms with Crippen molar-refractivity contribution in [1.82, 2.24) is 9.97 Å². The number of nitrogen functional groups attached to an aromatic ring is 1. The number of nitrogens with zero attached hydrogens (tertiary/aromatic N) is 2. The summed E-state index contributed by atoms with van der Waals surface area (Å²) in [4.78, 5) is 8.38. The number of methoxy groups -OCH3 is 1. The first-order valence-electron chi connectivity index (χ1n) is 5.97. The first kappa shape index (κ1) is 13.9. The average Bonchev–Trinajstić information content (AvgIpc) is 2.43. The molecule has 0 bridgehead atoms. The van der Waals surface area contributed by atoms with Crippen LogP contribution < -0.4 is 21.1 Å². The third kappa shape index (κ3) is 2.71. The van der Waals surface area contributed by atoms with E-state index in [0.29, 0.717) is 5.82 Å². The topological polar surface area (TPSA) is 85.1 Å². The molecule has 7 heteroatoms. The summed E-state index contributed by atoms with van der Waals surface area (Å²) in [5.74, 6) is 0.620. The highest BCUT2D eigenvalue weighted by Crippen LogP contribution is 2.30. The van der Waals surface area contributed by atoms with Crippen LogP contribution in [0.2, 0.25) is 0 Å². The van der Waals surface area contributed by atoms with E-state index >= 15 is 0 Å². The molecule has 2 aromatic rings. The second-order valence-corrected chi connectivity index (χ2v) is 4.14. The van der Waals surface area contributed by atoms with E-state index in [1.165, 1.54) is 13.2 Å². The number of nitrogens with two attached hydrogens (primary N) is 1. The Labute approximate surface area is 116 Å². The Morgan fingerprint density at radius 3 is 2.70 bits per heavy atom. The molecule has 20 heavy (non-hydrogen) atoms. The minimum absolute atomic E-state index is 0.0565. The minimum atomic E-state index is -0.597. The van der Waals surface area contributed by atoms with Gasteiger partial charge in [-0.25, -0.2) is 9.37 Å². The molecule has 1 heterocycles. The van der Waals surface area contributed by atoms with E-state index in [0.717, 1.165) is 5.69 Å². The summed E-state index contributed by atoms with van der Waals surface area (Å²) in [6.07, 6.45) is 0. The number of hydrogen-bond acceptors (Lipinski definition) is 6. The van der Waals surface area contributed by atoms with Crippen LogP contribution in [0.3, 0.4) is 0 Å². The molecule has 0 aliphatic heterocycles. The Hall–Kier alpha value is -2.57. The van der Waals surface area contributed by atoms with Crippen molar-refractivity contribution in [2.75, 3.05) is 30.5 Å². The molecule has 106 valence electrons. The fourth-order valence-electron chi connectivity index (χ4n) is 1.72. The molecule has 0 saturated carbocycles. The molecule has 2 rings (SSSR count). The summed E-state index contributed by atoms with van der Waals surface area (Å²) in [5, 5.41) is 5.72. The molecule has 0 unspecified atom stereocenters. The largest absolute Gasteiger partial charge is 0.494 e. The summed E-state index contributed by atoms with van der Waals surface area (Å²) in [6, 6.07) is 4.88. The number of aryl methyl sites for hydroxylation is 1. The molecular formula is C13H16FN5O. The Balaban J connectivity index is 2.35. The van der Waals surface area contributed by atoms with Crippen LogP contribution >= 0.6 is 0 Å². The zero-order valence-corrected chi connectivity index (χ0v) is 11.5. The normalized spacial score (nSPS) is 10.2. The maximum atomic E-state index is 14.1. The van der Waals surface area contributed by atoms with Gasteiger partial charge in [0.15, 0.2) is 5.82 Å². The van der Waals surface area contributed by atoms with Gasteiger partial charge in [-0.1, -0.05) is 0 Å². The molecule has 0 atom stereocenters. The number of ether oxygens (including phenoxy) is 1. The number of rotatable bonds is 4.